The molecule has 0 aromatic heterocycles. The molecule has 2 aromatic rings. The maximum absolute atomic E-state index is 13.0. The Hall–Kier alpha value is -2.67. The Kier molecular flexibility index (Phi) is 5.29. The summed E-state index contributed by atoms with van der Waals surface area (Å²) in [5.74, 6) is 1.78. The molecule has 156 valence electrons. The van der Waals surface area contributed by atoms with Crippen molar-refractivity contribution in [3.05, 3.63) is 64.4 Å². The summed E-state index contributed by atoms with van der Waals surface area (Å²) in [6.07, 6.45) is 1.80. The van der Waals surface area contributed by atoms with E-state index >= 15 is 0 Å². The van der Waals surface area contributed by atoms with Gasteiger partial charge in [0.1, 0.15) is 18.2 Å². The summed E-state index contributed by atoms with van der Waals surface area (Å²) >= 11 is 0. The van der Waals surface area contributed by atoms with Gasteiger partial charge in [-0.3, -0.25) is 14.6 Å². The SMILES string of the molecule is Cc1c2c(cc3c1O/C(=C/c1ccccc1)C3=O)CN(CCN1CCOCC1)CO2. The number of fused-ring (bicyclic) bond motifs is 2. The third-order valence-corrected chi connectivity index (χ3v) is 5.94. The standard InChI is InChI=1S/C24H26N2O4/c1-17-23-19(15-26(16-29-23)8-7-25-9-11-28-12-10-25)14-20-22(27)21(30-24(17)20)13-18-5-3-2-4-6-18/h2-6,13-14H,7-12,15-16H2,1H3/b21-13+. The zero-order valence-corrected chi connectivity index (χ0v) is 17.2. The lowest BCUT2D eigenvalue weighted by atomic mass is 10.00. The molecule has 5 rings (SSSR count). The molecular formula is C24H26N2O4. The molecule has 0 amide bonds. The Morgan fingerprint density at radius 1 is 1.03 bits per heavy atom. The second-order valence-electron chi connectivity index (χ2n) is 8.00. The van der Waals surface area contributed by atoms with Crippen LogP contribution in [-0.2, 0) is 11.3 Å². The third kappa shape index (κ3) is 3.74. The molecule has 1 saturated heterocycles. The van der Waals surface area contributed by atoms with Crippen LogP contribution in [0.4, 0.5) is 0 Å². The number of hydrogen-bond acceptors (Lipinski definition) is 6. The van der Waals surface area contributed by atoms with E-state index in [9.17, 15) is 4.79 Å². The Balaban J connectivity index is 1.34. The molecule has 0 radical (unpaired) electrons. The Morgan fingerprint density at radius 3 is 2.60 bits per heavy atom. The van der Waals surface area contributed by atoms with Crippen LogP contribution in [-0.4, -0.2) is 61.7 Å². The molecule has 3 heterocycles. The van der Waals surface area contributed by atoms with Gasteiger partial charge in [0.2, 0.25) is 5.78 Å². The summed E-state index contributed by atoms with van der Waals surface area (Å²) in [5, 5.41) is 0. The van der Waals surface area contributed by atoms with Crippen molar-refractivity contribution in [1.82, 2.24) is 9.80 Å². The van der Waals surface area contributed by atoms with E-state index in [0.29, 0.717) is 23.8 Å². The number of rotatable bonds is 4. The quantitative estimate of drug-likeness (QED) is 0.728. The van der Waals surface area contributed by atoms with Crippen LogP contribution in [0, 0.1) is 6.92 Å². The smallest absolute Gasteiger partial charge is 0.231 e. The molecule has 0 atom stereocenters. The summed E-state index contributed by atoms with van der Waals surface area (Å²) in [6.45, 7) is 8.82. The highest BCUT2D eigenvalue weighted by atomic mass is 16.5. The summed E-state index contributed by atoms with van der Waals surface area (Å²) < 4.78 is 17.5. The number of Topliss-reactive ketones (excluding diaryl/α,β-unsaturated/α-hetero) is 1. The largest absolute Gasteiger partial charge is 0.477 e. The van der Waals surface area contributed by atoms with Crippen LogP contribution in [0.3, 0.4) is 0 Å². The molecular weight excluding hydrogens is 380 g/mol. The summed E-state index contributed by atoms with van der Waals surface area (Å²) in [4.78, 5) is 17.7. The number of benzene rings is 2. The maximum Gasteiger partial charge on any atom is 0.231 e. The van der Waals surface area contributed by atoms with Crippen LogP contribution < -0.4 is 9.47 Å². The summed E-state index contributed by atoms with van der Waals surface area (Å²) in [7, 11) is 0. The molecule has 30 heavy (non-hydrogen) atoms. The van der Waals surface area contributed by atoms with Gasteiger partial charge in [-0.05, 0) is 24.6 Å². The Bertz CT molecular complexity index is 980. The van der Waals surface area contributed by atoms with E-state index in [0.717, 1.165) is 68.4 Å². The van der Waals surface area contributed by atoms with Crippen LogP contribution in [0.5, 0.6) is 11.5 Å². The topological polar surface area (TPSA) is 51.2 Å². The Labute approximate surface area is 176 Å². The van der Waals surface area contributed by atoms with E-state index in [1.807, 2.05) is 43.3 Å². The van der Waals surface area contributed by atoms with E-state index in [1.165, 1.54) is 0 Å². The molecule has 0 saturated carbocycles. The average molecular weight is 406 g/mol. The summed E-state index contributed by atoms with van der Waals surface area (Å²) in [5.41, 5.74) is 3.53. The van der Waals surface area contributed by atoms with Gasteiger partial charge in [0.05, 0.1) is 18.8 Å². The van der Waals surface area contributed by atoms with Gasteiger partial charge < -0.3 is 14.2 Å². The lowest BCUT2D eigenvalue weighted by molar-refractivity contribution is 0.0239. The van der Waals surface area contributed by atoms with Crippen molar-refractivity contribution in [2.45, 2.75) is 13.5 Å². The average Bonchev–Trinajstić information content (AvgIpc) is 3.09. The first-order valence-electron chi connectivity index (χ1n) is 10.5. The highest BCUT2D eigenvalue weighted by Crippen LogP contribution is 2.43. The van der Waals surface area contributed by atoms with E-state index in [4.69, 9.17) is 14.2 Å². The molecule has 0 aliphatic carbocycles. The molecule has 0 unspecified atom stereocenters. The van der Waals surface area contributed by atoms with Crippen LogP contribution in [0.1, 0.15) is 27.0 Å². The second-order valence-corrected chi connectivity index (χ2v) is 8.00. The van der Waals surface area contributed by atoms with E-state index in [1.54, 1.807) is 6.08 Å². The molecule has 6 nitrogen and oxygen atoms in total. The normalized spacial score (nSPS) is 20.6. The monoisotopic (exact) mass is 406 g/mol. The van der Waals surface area contributed by atoms with Crippen LogP contribution in [0.25, 0.3) is 6.08 Å². The minimum Gasteiger partial charge on any atom is -0.477 e. The highest BCUT2D eigenvalue weighted by molar-refractivity contribution is 6.15. The number of ketones is 1. The number of hydrogen-bond donors (Lipinski definition) is 0. The Morgan fingerprint density at radius 2 is 1.80 bits per heavy atom. The van der Waals surface area contributed by atoms with Crippen LogP contribution >= 0.6 is 0 Å². The summed E-state index contributed by atoms with van der Waals surface area (Å²) in [6, 6.07) is 11.7. The van der Waals surface area contributed by atoms with Gasteiger partial charge in [0, 0.05) is 43.9 Å². The number of carbonyl (C=O) groups excluding carboxylic acids is 1. The molecule has 0 bridgehead atoms. The fourth-order valence-electron chi connectivity index (χ4n) is 4.25. The highest BCUT2D eigenvalue weighted by Gasteiger charge is 2.33. The van der Waals surface area contributed by atoms with E-state index in [-0.39, 0.29) is 5.78 Å². The minimum absolute atomic E-state index is 0.0646. The molecule has 2 aromatic carbocycles. The fraction of sp³-hybridized carbons (Fsp3) is 0.375. The zero-order valence-electron chi connectivity index (χ0n) is 17.2. The predicted octanol–water partition coefficient (Wildman–Crippen LogP) is 3.10. The van der Waals surface area contributed by atoms with Crippen molar-refractivity contribution in [3.63, 3.8) is 0 Å². The first kappa shape index (κ1) is 19.3. The lowest BCUT2D eigenvalue weighted by Crippen LogP contribution is -2.43. The molecule has 0 spiro atoms. The molecule has 3 aliphatic heterocycles. The predicted molar refractivity (Wildman–Crippen MR) is 114 cm³/mol. The van der Waals surface area contributed by atoms with Crippen molar-refractivity contribution in [3.8, 4) is 11.5 Å². The maximum atomic E-state index is 13.0. The van der Waals surface area contributed by atoms with Crippen molar-refractivity contribution in [2.75, 3.05) is 46.1 Å². The number of morpholine rings is 1. The zero-order chi connectivity index (χ0) is 20.5. The number of carbonyl (C=O) groups is 1. The van der Waals surface area contributed by atoms with Gasteiger partial charge >= 0.3 is 0 Å². The van der Waals surface area contributed by atoms with Crippen LogP contribution in [0.15, 0.2) is 42.2 Å². The van der Waals surface area contributed by atoms with Gasteiger partial charge in [-0.1, -0.05) is 30.3 Å². The van der Waals surface area contributed by atoms with Gasteiger partial charge in [0.15, 0.2) is 5.76 Å². The van der Waals surface area contributed by atoms with E-state index in [2.05, 4.69) is 9.80 Å². The first-order valence-corrected chi connectivity index (χ1v) is 10.5. The lowest BCUT2D eigenvalue weighted by Gasteiger charge is -2.33. The number of nitrogens with zero attached hydrogens (tertiary/aromatic N) is 2. The third-order valence-electron chi connectivity index (χ3n) is 5.94. The van der Waals surface area contributed by atoms with Crippen LogP contribution in [0.2, 0.25) is 0 Å². The number of allylic oxidation sites excluding steroid dienone is 1. The molecule has 3 aliphatic rings. The van der Waals surface area contributed by atoms with Gasteiger partial charge in [-0.25, -0.2) is 0 Å². The molecule has 1 fully saturated rings. The van der Waals surface area contributed by atoms with Crippen molar-refractivity contribution < 1.29 is 19.0 Å². The van der Waals surface area contributed by atoms with Gasteiger partial charge in [-0.2, -0.15) is 0 Å². The van der Waals surface area contributed by atoms with Crippen molar-refractivity contribution in [2.24, 2.45) is 0 Å². The van der Waals surface area contributed by atoms with Crippen molar-refractivity contribution in [1.29, 1.82) is 0 Å². The molecule has 6 heteroatoms. The molecule has 0 N–H and O–H groups in total. The number of ether oxygens (including phenoxy) is 3. The van der Waals surface area contributed by atoms with Gasteiger partial charge in [0.25, 0.3) is 0 Å². The van der Waals surface area contributed by atoms with Gasteiger partial charge in [-0.15, -0.1) is 0 Å². The second kappa shape index (κ2) is 8.22. The van der Waals surface area contributed by atoms with E-state index < -0.39 is 0 Å². The fourth-order valence-corrected chi connectivity index (χ4v) is 4.25. The minimum atomic E-state index is -0.0646. The van der Waals surface area contributed by atoms with Crippen molar-refractivity contribution >= 4 is 11.9 Å². The first-order chi connectivity index (χ1) is 14.7.